The van der Waals surface area contributed by atoms with Gasteiger partial charge in [0.05, 0.1) is 10.6 Å². The summed E-state index contributed by atoms with van der Waals surface area (Å²) in [6.07, 6.45) is 5.25. The van der Waals surface area contributed by atoms with Crippen LogP contribution in [0.3, 0.4) is 0 Å². The van der Waals surface area contributed by atoms with E-state index in [1.807, 2.05) is 18.2 Å². The van der Waals surface area contributed by atoms with Gasteiger partial charge in [-0.1, -0.05) is 6.92 Å². The Hall–Kier alpha value is -0.700. The number of hydrogen-bond donors (Lipinski definition) is 1. The first-order valence-electron chi connectivity index (χ1n) is 5.87. The second-order valence-electron chi connectivity index (χ2n) is 4.69. The maximum atomic E-state index is 5.99. The second kappa shape index (κ2) is 5.09. The molecule has 0 aromatic heterocycles. The van der Waals surface area contributed by atoms with Crippen molar-refractivity contribution >= 4 is 21.6 Å². The lowest BCUT2D eigenvalue weighted by atomic mass is 9.89. The fourth-order valence-electron chi connectivity index (χ4n) is 2.14. The maximum Gasteiger partial charge on any atom is 0.134 e. The standard InChI is InChI=1S/C13H18BrNO/c1-9-2-5-11(6-3-9)16-13-7-4-10(15)8-12(13)14/h4,7-9,11H,2-3,5-6,15H2,1H3. The summed E-state index contributed by atoms with van der Waals surface area (Å²) in [6, 6.07) is 5.71. The Labute approximate surface area is 105 Å². The monoisotopic (exact) mass is 283 g/mol. The van der Waals surface area contributed by atoms with Gasteiger partial charge in [0.1, 0.15) is 5.75 Å². The Kier molecular flexibility index (Phi) is 3.74. The predicted molar refractivity (Wildman–Crippen MR) is 70.6 cm³/mol. The van der Waals surface area contributed by atoms with Crippen molar-refractivity contribution in [1.29, 1.82) is 0 Å². The summed E-state index contributed by atoms with van der Waals surface area (Å²) in [6.45, 7) is 2.31. The van der Waals surface area contributed by atoms with Crippen molar-refractivity contribution in [2.75, 3.05) is 5.73 Å². The average molecular weight is 284 g/mol. The number of benzene rings is 1. The Balaban J connectivity index is 1.98. The van der Waals surface area contributed by atoms with E-state index in [1.165, 1.54) is 12.8 Å². The summed E-state index contributed by atoms with van der Waals surface area (Å²) in [4.78, 5) is 0. The first-order valence-corrected chi connectivity index (χ1v) is 6.66. The summed E-state index contributed by atoms with van der Waals surface area (Å²) in [7, 11) is 0. The van der Waals surface area contributed by atoms with Crippen LogP contribution in [0.1, 0.15) is 32.6 Å². The van der Waals surface area contributed by atoms with Crippen LogP contribution in [0.4, 0.5) is 5.69 Å². The van der Waals surface area contributed by atoms with Gasteiger partial charge in [-0.2, -0.15) is 0 Å². The minimum atomic E-state index is 0.371. The van der Waals surface area contributed by atoms with E-state index in [0.717, 1.165) is 34.7 Å². The zero-order valence-corrected chi connectivity index (χ0v) is 11.2. The van der Waals surface area contributed by atoms with Crippen LogP contribution in [0, 0.1) is 5.92 Å². The van der Waals surface area contributed by atoms with Crippen molar-refractivity contribution in [1.82, 2.24) is 0 Å². The Morgan fingerprint density at radius 3 is 2.56 bits per heavy atom. The largest absolute Gasteiger partial charge is 0.489 e. The molecule has 16 heavy (non-hydrogen) atoms. The van der Waals surface area contributed by atoms with Crippen LogP contribution in [-0.4, -0.2) is 6.10 Å². The fraction of sp³-hybridized carbons (Fsp3) is 0.538. The van der Waals surface area contributed by atoms with Crippen LogP contribution in [0.2, 0.25) is 0 Å². The van der Waals surface area contributed by atoms with Crippen LogP contribution < -0.4 is 10.5 Å². The molecule has 0 saturated heterocycles. The van der Waals surface area contributed by atoms with E-state index >= 15 is 0 Å². The van der Waals surface area contributed by atoms with Crippen LogP contribution in [0.15, 0.2) is 22.7 Å². The molecule has 0 heterocycles. The quantitative estimate of drug-likeness (QED) is 0.833. The van der Waals surface area contributed by atoms with Gasteiger partial charge < -0.3 is 10.5 Å². The summed E-state index contributed by atoms with van der Waals surface area (Å²) >= 11 is 3.48. The number of halogens is 1. The molecule has 1 aromatic carbocycles. The zero-order chi connectivity index (χ0) is 11.5. The minimum Gasteiger partial charge on any atom is -0.489 e. The van der Waals surface area contributed by atoms with Gasteiger partial charge in [-0.3, -0.25) is 0 Å². The third-order valence-electron chi connectivity index (χ3n) is 3.21. The van der Waals surface area contributed by atoms with E-state index in [0.29, 0.717) is 6.10 Å². The van der Waals surface area contributed by atoms with Crippen LogP contribution in [0.25, 0.3) is 0 Å². The molecule has 0 radical (unpaired) electrons. The molecule has 1 fully saturated rings. The van der Waals surface area contributed by atoms with Gasteiger partial charge in [0.25, 0.3) is 0 Å². The Morgan fingerprint density at radius 1 is 1.25 bits per heavy atom. The molecule has 1 aliphatic rings. The van der Waals surface area contributed by atoms with Crippen molar-refractivity contribution < 1.29 is 4.74 Å². The van der Waals surface area contributed by atoms with E-state index in [4.69, 9.17) is 10.5 Å². The van der Waals surface area contributed by atoms with E-state index in [2.05, 4.69) is 22.9 Å². The number of hydrogen-bond acceptors (Lipinski definition) is 2. The first-order chi connectivity index (χ1) is 7.65. The first kappa shape index (κ1) is 11.8. The molecular weight excluding hydrogens is 266 g/mol. The molecule has 0 atom stereocenters. The van der Waals surface area contributed by atoms with E-state index in [-0.39, 0.29) is 0 Å². The van der Waals surface area contributed by atoms with Crippen LogP contribution in [0.5, 0.6) is 5.75 Å². The minimum absolute atomic E-state index is 0.371. The van der Waals surface area contributed by atoms with E-state index < -0.39 is 0 Å². The summed E-state index contributed by atoms with van der Waals surface area (Å²) < 4.78 is 6.94. The topological polar surface area (TPSA) is 35.2 Å². The summed E-state index contributed by atoms with van der Waals surface area (Å²) in [5, 5.41) is 0. The summed E-state index contributed by atoms with van der Waals surface area (Å²) in [5.41, 5.74) is 6.45. The highest BCUT2D eigenvalue weighted by Gasteiger charge is 2.20. The number of ether oxygens (including phenoxy) is 1. The molecular formula is C13H18BrNO. The fourth-order valence-corrected chi connectivity index (χ4v) is 2.63. The number of nitrogens with two attached hydrogens (primary N) is 1. The molecule has 2 N–H and O–H groups in total. The molecule has 1 saturated carbocycles. The lowest BCUT2D eigenvalue weighted by Gasteiger charge is -2.27. The van der Waals surface area contributed by atoms with Gasteiger partial charge in [-0.15, -0.1) is 0 Å². The molecule has 0 amide bonds. The van der Waals surface area contributed by atoms with E-state index in [9.17, 15) is 0 Å². The van der Waals surface area contributed by atoms with Gasteiger partial charge in [0.2, 0.25) is 0 Å². The third-order valence-corrected chi connectivity index (χ3v) is 3.83. The SMILES string of the molecule is CC1CCC(Oc2ccc(N)cc2Br)CC1. The molecule has 2 rings (SSSR count). The van der Waals surface area contributed by atoms with E-state index in [1.54, 1.807) is 0 Å². The highest BCUT2D eigenvalue weighted by atomic mass is 79.9. The van der Waals surface area contributed by atoms with Crippen LogP contribution in [-0.2, 0) is 0 Å². The number of rotatable bonds is 2. The Morgan fingerprint density at radius 2 is 1.94 bits per heavy atom. The Bertz CT molecular complexity index is 359. The average Bonchev–Trinajstić information content (AvgIpc) is 2.25. The van der Waals surface area contributed by atoms with Crippen molar-refractivity contribution in [3.05, 3.63) is 22.7 Å². The van der Waals surface area contributed by atoms with Crippen molar-refractivity contribution in [3.8, 4) is 5.75 Å². The van der Waals surface area contributed by atoms with Gasteiger partial charge >= 0.3 is 0 Å². The molecule has 88 valence electrons. The second-order valence-corrected chi connectivity index (χ2v) is 5.54. The molecule has 0 bridgehead atoms. The molecule has 1 aromatic rings. The molecule has 0 aliphatic heterocycles. The maximum absolute atomic E-state index is 5.99. The highest BCUT2D eigenvalue weighted by molar-refractivity contribution is 9.10. The van der Waals surface area contributed by atoms with Crippen molar-refractivity contribution in [2.24, 2.45) is 5.92 Å². The normalized spacial score (nSPS) is 25.4. The third kappa shape index (κ3) is 2.91. The van der Waals surface area contributed by atoms with Gasteiger partial charge in [0.15, 0.2) is 0 Å². The van der Waals surface area contributed by atoms with Crippen molar-refractivity contribution in [3.63, 3.8) is 0 Å². The predicted octanol–water partition coefficient (Wildman–Crippen LogP) is 3.99. The lowest BCUT2D eigenvalue weighted by Crippen LogP contribution is -2.23. The van der Waals surface area contributed by atoms with Crippen molar-refractivity contribution in [2.45, 2.75) is 38.7 Å². The van der Waals surface area contributed by atoms with Gasteiger partial charge in [-0.25, -0.2) is 0 Å². The lowest BCUT2D eigenvalue weighted by molar-refractivity contribution is 0.134. The van der Waals surface area contributed by atoms with Gasteiger partial charge in [0, 0.05) is 5.69 Å². The number of nitrogen functional groups attached to an aromatic ring is 1. The smallest absolute Gasteiger partial charge is 0.134 e. The zero-order valence-electron chi connectivity index (χ0n) is 9.58. The highest BCUT2D eigenvalue weighted by Crippen LogP contribution is 2.32. The molecule has 1 aliphatic carbocycles. The molecule has 3 heteroatoms. The molecule has 0 spiro atoms. The summed E-state index contributed by atoms with van der Waals surface area (Å²) in [5.74, 6) is 1.77. The van der Waals surface area contributed by atoms with Crippen LogP contribution >= 0.6 is 15.9 Å². The van der Waals surface area contributed by atoms with Gasteiger partial charge in [-0.05, 0) is 65.7 Å². The molecule has 2 nitrogen and oxygen atoms in total. The number of anilines is 1. The molecule has 0 unspecified atom stereocenters.